The average molecular weight is 232 g/mol. The molecule has 1 heterocycles. The number of hydrogen-bond acceptors (Lipinski definition) is 4. The van der Waals surface area contributed by atoms with Gasteiger partial charge in [0.2, 0.25) is 0 Å². The van der Waals surface area contributed by atoms with Gasteiger partial charge in [0.15, 0.2) is 5.82 Å². The summed E-state index contributed by atoms with van der Waals surface area (Å²) in [5, 5.41) is 15.2. The zero-order chi connectivity index (χ0) is 11.3. The summed E-state index contributed by atoms with van der Waals surface area (Å²) >= 11 is 5.74. The molecular weight excluding hydrogens is 214 g/mol. The van der Waals surface area contributed by atoms with E-state index in [1.54, 1.807) is 7.05 Å². The summed E-state index contributed by atoms with van der Waals surface area (Å²) in [6.45, 7) is 5.00. The lowest BCUT2D eigenvalue weighted by molar-refractivity contribution is 0.384. The average Bonchev–Trinajstić information content (AvgIpc) is 2.58. The molecule has 0 spiro atoms. The second-order valence-electron chi connectivity index (χ2n) is 3.90. The van der Waals surface area contributed by atoms with Crippen molar-refractivity contribution in [2.75, 3.05) is 5.88 Å². The second kappa shape index (κ2) is 6.02. The molecule has 0 radical (unpaired) electrons. The van der Waals surface area contributed by atoms with E-state index >= 15 is 0 Å². The van der Waals surface area contributed by atoms with Gasteiger partial charge in [-0.25, -0.2) is 0 Å². The number of aromatic nitrogens is 4. The van der Waals surface area contributed by atoms with Crippen LogP contribution < -0.4 is 5.32 Å². The van der Waals surface area contributed by atoms with Crippen molar-refractivity contribution in [2.45, 2.75) is 32.9 Å². The molecule has 0 aromatic carbocycles. The first-order valence-corrected chi connectivity index (χ1v) is 5.69. The fraction of sp³-hybridized carbons (Fsp3) is 0.889. The highest BCUT2D eigenvalue weighted by atomic mass is 35.5. The molecule has 86 valence electrons. The van der Waals surface area contributed by atoms with Crippen molar-refractivity contribution in [2.24, 2.45) is 13.0 Å². The van der Waals surface area contributed by atoms with Gasteiger partial charge < -0.3 is 5.32 Å². The first-order valence-electron chi connectivity index (χ1n) is 5.15. The minimum absolute atomic E-state index is 0.409. The molecule has 6 heteroatoms. The Bertz CT molecular complexity index is 286. The molecule has 1 rings (SSSR count). The van der Waals surface area contributed by atoms with Crippen LogP contribution in [0.1, 0.15) is 26.1 Å². The molecule has 0 aliphatic carbocycles. The lowest BCUT2D eigenvalue weighted by Crippen LogP contribution is -2.34. The monoisotopic (exact) mass is 231 g/mol. The number of rotatable bonds is 6. The molecule has 0 aliphatic heterocycles. The lowest BCUT2D eigenvalue weighted by Gasteiger charge is -2.20. The van der Waals surface area contributed by atoms with Crippen LogP contribution in [0, 0.1) is 5.92 Å². The van der Waals surface area contributed by atoms with Crippen LogP contribution in [0.3, 0.4) is 0 Å². The van der Waals surface area contributed by atoms with Crippen LogP contribution in [0.15, 0.2) is 0 Å². The Labute approximate surface area is 95.2 Å². The predicted octanol–water partition coefficient (Wildman–Crippen LogP) is 0.953. The van der Waals surface area contributed by atoms with E-state index in [2.05, 4.69) is 34.6 Å². The van der Waals surface area contributed by atoms with E-state index in [9.17, 15) is 0 Å². The van der Waals surface area contributed by atoms with Crippen LogP contribution in [0.5, 0.6) is 0 Å². The van der Waals surface area contributed by atoms with Crippen molar-refractivity contribution < 1.29 is 0 Å². The Balaban J connectivity index is 2.39. The Hall–Kier alpha value is -0.680. The highest BCUT2D eigenvalue weighted by Gasteiger charge is 2.12. The van der Waals surface area contributed by atoms with E-state index in [0.29, 0.717) is 24.4 Å². The number of alkyl halides is 1. The maximum atomic E-state index is 5.74. The summed E-state index contributed by atoms with van der Waals surface area (Å²) in [6, 6.07) is 0.409. The van der Waals surface area contributed by atoms with Gasteiger partial charge >= 0.3 is 0 Å². The van der Waals surface area contributed by atoms with Crippen LogP contribution >= 0.6 is 11.6 Å². The fourth-order valence-corrected chi connectivity index (χ4v) is 1.64. The Morgan fingerprint density at radius 2 is 2.20 bits per heavy atom. The number of aryl methyl sites for hydroxylation is 1. The van der Waals surface area contributed by atoms with Crippen molar-refractivity contribution in [3.05, 3.63) is 5.82 Å². The molecule has 0 saturated heterocycles. The van der Waals surface area contributed by atoms with Crippen LogP contribution in [0.4, 0.5) is 0 Å². The van der Waals surface area contributed by atoms with Crippen LogP contribution in [0.25, 0.3) is 0 Å². The van der Waals surface area contributed by atoms with E-state index in [1.165, 1.54) is 4.80 Å². The van der Waals surface area contributed by atoms with E-state index in [-0.39, 0.29) is 0 Å². The molecular formula is C9H18ClN5. The van der Waals surface area contributed by atoms with Crippen molar-refractivity contribution in [3.63, 3.8) is 0 Å². The minimum atomic E-state index is 0.409. The van der Waals surface area contributed by atoms with Crippen molar-refractivity contribution in [1.82, 2.24) is 25.5 Å². The molecule has 1 unspecified atom stereocenters. The summed E-state index contributed by atoms with van der Waals surface area (Å²) < 4.78 is 0. The number of nitrogens with zero attached hydrogens (tertiary/aromatic N) is 4. The van der Waals surface area contributed by atoms with Crippen LogP contribution in [0.2, 0.25) is 0 Å². The highest BCUT2D eigenvalue weighted by Crippen LogP contribution is 2.07. The summed E-state index contributed by atoms with van der Waals surface area (Å²) in [4.78, 5) is 1.46. The van der Waals surface area contributed by atoms with Gasteiger partial charge in [-0.15, -0.1) is 21.8 Å². The molecule has 0 bridgehead atoms. The first-order chi connectivity index (χ1) is 7.13. The maximum absolute atomic E-state index is 5.74. The number of halogens is 1. The Kier molecular flexibility index (Phi) is 4.98. The molecule has 1 atom stereocenters. The molecule has 0 saturated carbocycles. The Morgan fingerprint density at radius 3 is 2.67 bits per heavy atom. The standard InChI is InChI=1S/C9H18ClN5/c1-7(2)8(4-5-10)11-6-9-12-14-15(3)13-9/h7-8,11H,4-6H2,1-3H3. The molecule has 1 N–H and O–H groups in total. The molecule has 0 aliphatic rings. The largest absolute Gasteiger partial charge is 0.307 e. The SMILES string of the molecule is CC(C)C(CCCl)NCc1nnn(C)n1. The molecule has 15 heavy (non-hydrogen) atoms. The van der Waals surface area contributed by atoms with Gasteiger partial charge in [0.05, 0.1) is 13.6 Å². The Morgan fingerprint density at radius 1 is 1.47 bits per heavy atom. The minimum Gasteiger partial charge on any atom is -0.307 e. The van der Waals surface area contributed by atoms with Crippen LogP contribution in [-0.4, -0.2) is 32.1 Å². The van der Waals surface area contributed by atoms with E-state index < -0.39 is 0 Å². The van der Waals surface area contributed by atoms with Gasteiger partial charge in [0, 0.05) is 11.9 Å². The fourth-order valence-electron chi connectivity index (χ4n) is 1.41. The summed E-state index contributed by atoms with van der Waals surface area (Å²) in [5.74, 6) is 1.95. The van der Waals surface area contributed by atoms with E-state index in [0.717, 1.165) is 12.2 Å². The summed E-state index contributed by atoms with van der Waals surface area (Å²) in [5.41, 5.74) is 0. The lowest BCUT2D eigenvalue weighted by atomic mass is 10.0. The topological polar surface area (TPSA) is 55.6 Å². The molecule has 0 fully saturated rings. The first kappa shape index (κ1) is 12.4. The molecule has 5 nitrogen and oxygen atoms in total. The van der Waals surface area contributed by atoms with Gasteiger partial charge in [0.25, 0.3) is 0 Å². The zero-order valence-corrected chi connectivity index (χ0v) is 10.2. The van der Waals surface area contributed by atoms with Crippen molar-refractivity contribution in [3.8, 4) is 0 Å². The summed E-state index contributed by atoms with van der Waals surface area (Å²) in [7, 11) is 1.76. The molecule has 1 aromatic rings. The number of hydrogen-bond donors (Lipinski definition) is 1. The van der Waals surface area contributed by atoms with Crippen molar-refractivity contribution >= 4 is 11.6 Å². The third-order valence-electron chi connectivity index (χ3n) is 2.30. The second-order valence-corrected chi connectivity index (χ2v) is 4.28. The number of tetrazole rings is 1. The van der Waals surface area contributed by atoms with Gasteiger partial charge in [-0.3, -0.25) is 0 Å². The smallest absolute Gasteiger partial charge is 0.188 e. The third kappa shape index (κ3) is 4.13. The van der Waals surface area contributed by atoms with Crippen molar-refractivity contribution in [1.29, 1.82) is 0 Å². The number of nitrogens with one attached hydrogen (secondary N) is 1. The summed E-state index contributed by atoms with van der Waals surface area (Å²) in [6.07, 6.45) is 0.958. The maximum Gasteiger partial charge on any atom is 0.188 e. The quantitative estimate of drug-likeness (QED) is 0.741. The van der Waals surface area contributed by atoms with E-state index in [1.807, 2.05) is 0 Å². The van der Waals surface area contributed by atoms with Gasteiger partial charge in [-0.2, -0.15) is 4.80 Å². The van der Waals surface area contributed by atoms with Gasteiger partial charge in [-0.1, -0.05) is 13.8 Å². The van der Waals surface area contributed by atoms with E-state index in [4.69, 9.17) is 11.6 Å². The van der Waals surface area contributed by atoms with Gasteiger partial charge in [-0.05, 0) is 17.6 Å². The molecule has 1 aromatic heterocycles. The van der Waals surface area contributed by atoms with Crippen LogP contribution in [-0.2, 0) is 13.6 Å². The predicted molar refractivity (Wildman–Crippen MR) is 59.6 cm³/mol. The van der Waals surface area contributed by atoms with Gasteiger partial charge in [0.1, 0.15) is 0 Å². The molecule has 0 amide bonds. The normalized spacial score (nSPS) is 13.4. The zero-order valence-electron chi connectivity index (χ0n) is 9.44. The highest BCUT2D eigenvalue weighted by molar-refractivity contribution is 6.17. The third-order valence-corrected chi connectivity index (χ3v) is 2.52.